The summed E-state index contributed by atoms with van der Waals surface area (Å²) in [4.78, 5) is 0. The molecule has 0 bridgehead atoms. The molecule has 10 aromatic carbocycles. The Morgan fingerprint density at radius 3 is 0.633 bits per heavy atom. The first-order chi connectivity index (χ1) is 29.8. The number of rotatable bonds is 4. The molecule has 0 amide bonds. The molecule has 0 nitrogen and oxygen atoms in total. The van der Waals surface area contributed by atoms with Crippen LogP contribution in [0.3, 0.4) is 0 Å². The van der Waals surface area contributed by atoms with E-state index in [0.717, 1.165) is 0 Å². The van der Waals surface area contributed by atoms with Gasteiger partial charge < -0.3 is 0 Å². The summed E-state index contributed by atoms with van der Waals surface area (Å²) in [6.45, 7) is 0. The van der Waals surface area contributed by atoms with Gasteiger partial charge in [0, 0.05) is 24.6 Å². The predicted molar refractivity (Wildman–Crippen MR) is 268 cm³/mol. The summed E-state index contributed by atoms with van der Waals surface area (Å²) in [6.07, 6.45) is 4.74. The molecule has 60 heavy (non-hydrogen) atoms. The Bertz CT molecular complexity index is 2910. The lowest BCUT2D eigenvalue weighted by atomic mass is 10.1. The van der Waals surface area contributed by atoms with E-state index in [9.17, 15) is 0 Å². The van der Waals surface area contributed by atoms with Crippen LogP contribution in [0.1, 0.15) is 22.3 Å². The maximum atomic E-state index is 2.43. The van der Waals surface area contributed by atoms with E-state index in [0.29, 0.717) is 0 Å². The average Bonchev–Trinajstić information content (AvgIpc) is 4.09. The van der Waals surface area contributed by atoms with E-state index in [-0.39, 0.29) is 31.7 Å². The zero-order valence-corrected chi connectivity index (χ0v) is 36.7. The number of hydrogen-bond acceptors (Lipinski definition) is 0. The van der Waals surface area contributed by atoms with E-state index in [1.165, 1.54) is 90.0 Å². The fourth-order valence-corrected chi connectivity index (χ4v) is 22.7. The standard InChI is InChI=1S/2C28H20P2/c2*1-2-14-24(30-18-22-12-4-8-20-10-6-16-26(30)28(20)22)23(13-1)29-17-21-11-3-7-19-9-5-15-25(29)27(19)21/h2*1-16H,17-18H2. The van der Waals surface area contributed by atoms with Crippen LogP contribution in [0.4, 0.5) is 0 Å². The zero-order valence-electron chi connectivity index (χ0n) is 33.1. The van der Waals surface area contributed by atoms with Crippen LogP contribution in [0.25, 0.3) is 43.1 Å². The molecule has 0 fully saturated rings. The molecule has 4 atom stereocenters. The van der Waals surface area contributed by atoms with E-state index in [1.54, 1.807) is 42.4 Å². The second kappa shape index (κ2) is 14.3. The van der Waals surface area contributed by atoms with E-state index in [4.69, 9.17) is 0 Å². The lowest BCUT2D eigenvalue weighted by molar-refractivity contribution is 1.48. The van der Waals surface area contributed by atoms with Crippen molar-refractivity contribution in [1.82, 2.24) is 0 Å². The molecule has 4 aliphatic heterocycles. The average molecular weight is 837 g/mol. The van der Waals surface area contributed by atoms with E-state index in [1.807, 2.05) is 0 Å². The van der Waals surface area contributed by atoms with Crippen molar-refractivity contribution in [2.45, 2.75) is 24.6 Å². The quantitative estimate of drug-likeness (QED) is 0.155. The molecule has 0 radical (unpaired) electrons. The van der Waals surface area contributed by atoms with Crippen LogP contribution in [-0.4, -0.2) is 0 Å². The summed E-state index contributed by atoms with van der Waals surface area (Å²) >= 11 is 0. The van der Waals surface area contributed by atoms with Crippen LogP contribution >= 0.6 is 31.7 Å². The van der Waals surface area contributed by atoms with Gasteiger partial charge in [-0.2, -0.15) is 0 Å². The highest BCUT2D eigenvalue weighted by Crippen LogP contribution is 2.53. The number of benzene rings is 10. The molecule has 284 valence electrons. The Hall–Kier alpha value is -5.04. The summed E-state index contributed by atoms with van der Waals surface area (Å²) in [6, 6.07) is 73.7. The summed E-state index contributed by atoms with van der Waals surface area (Å²) < 4.78 is 0. The summed E-state index contributed by atoms with van der Waals surface area (Å²) in [5, 5.41) is 24.4. The van der Waals surface area contributed by atoms with Crippen molar-refractivity contribution < 1.29 is 0 Å². The van der Waals surface area contributed by atoms with Gasteiger partial charge >= 0.3 is 0 Å². The molecule has 10 aromatic rings. The maximum Gasteiger partial charge on any atom is 0.00143 e. The molecule has 4 unspecified atom stereocenters. The molecular weight excluding hydrogens is 797 g/mol. The van der Waals surface area contributed by atoms with Crippen molar-refractivity contribution in [3.05, 3.63) is 216 Å². The van der Waals surface area contributed by atoms with Gasteiger partial charge in [-0.3, -0.25) is 0 Å². The minimum Gasteiger partial charge on any atom is -0.0616 e. The summed E-state index contributed by atoms with van der Waals surface area (Å²) in [5.41, 5.74) is 6.14. The van der Waals surface area contributed by atoms with Gasteiger partial charge in [0.15, 0.2) is 0 Å². The van der Waals surface area contributed by atoms with Crippen molar-refractivity contribution in [2.24, 2.45) is 0 Å². The molecule has 0 spiro atoms. The van der Waals surface area contributed by atoms with Crippen molar-refractivity contribution in [1.29, 1.82) is 0 Å². The topological polar surface area (TPSA) is 0 Å². The largest absolute Gasteiger partial charge is 0.0616 e. The second-order valence-corrected chi connectivity index (χ2v) is 25.0. The zero-order chi connectivity index (χ0) is 39.3. The molecule has 0 aliphatic carbocycles. The van der Waals surface area contributed by atoms with E-state index >= 15 is 0 Å². The first kappa shape index (κ1) is 35.7. The third-order valence-electron chi connectivity index (χ3n) is 13.3. The summed E-state index contributed by atoms with van der Waals surface area (Å²) in [7, 11) is -1.37. The third kappa shape index (κ3) is 5.52. The minimum absolute atomic E-state index is 0.341. The molecule has 0 saturated carbocycles. The highest BCUT2D eigenvalue weighted by atomic mass is 31.1. The first-order valence-corrected chi connectivity index (χ1v) is 27.2. The fourth-order valence-electron chi connectivity index (χ4n) is 10.7. The van der Waals surface area contributed by atoms with Crippen LogP contribution in [-0.2, 0) is 24.6 Å². The molecule has 4 heteroatoms. The van der Waals surface area contributed by atoms with Crippen molar-refractivity contribution in [3.8, 4) is 0 Å². The highest BCUT2D eigenvalue weighted by molar-refractivity contribution is 7.80. The van der Waals surface area contributed by atoms with Crippen LogP contribution in [0.2, 0.25) is 0 Å². The van der Waals surface area contributed by atoms with Crippen LogP contribution < -0.4 is 42.4 Å². The Morgan fingerprint density at radius 2 is 0.400 bits per heavy atom. The monoisotopic (exact) mass is 836 g/mol. The number of hydrogen-bond donors (Lipinski definition) is 0. The van der Waals surface area contributed by atoms with Gasteiger partial charge in [-0.05, 0) is 139 Å². The Kier molecular flexibility index (Phi) is 8.49. The van der Waals surface area contributed by atoms with Crippen molar-refractivity contribution >= 4 is 117 Å². The maximum absolute atomic E-state index is 2.43. The lowest BCUT2D eigenvalue weighted by Gasteiger charge is -2.22. The molecule has 0 saturated heterocycles. The van der Waals surface area contributed by atoms with Gasteiger partial charge in [-0.15, -0.1) is 0 Å². The molecular formula is C56H40P4. The van der Waals surface area contributed by atoms with Gasteiger partial charge in [0.2, 0.25) is 0 Å². The van der Waals surface area contributed by atoms with Crippen LogP contribution in [0, 0.1) is 0 Å². The van der Waals surface area contributed by atoms with Crippen LogP contribution in [0.5, 0.6) is 0 Å². The van der Waals surface area contributed by atoms with Crippen molar-refractivity contribution in [3.63, 3.8) is 0 Å². The van der Waals surface area contributed by atoms with Gasteiger partial charge in [0.25, 0.3) is 0 Å². The van der Waals surface area contributed by atoms with Gasteiger partial charge in [-0.1, -0.05) is 194 Å². The van der Waals surface area contributed by atoms with Crippen molar-refractivity contribution in [2.75, 3.05) is 0 Å². The molecule has 14 rings (SSSR count). The molecule has 4 aliphatic rings. The lowest BCUT2D eigenvalue weighted by Crippen LogP contribution is -2.27. The van der Waals surface area contributed by atoms with Gasteiger partial charge in [-0.25, -0.2) is 0 Å². The molecule has 4 heterocycles. The van der Waals surface area contributed by atoms with E-state index in [2.05, 4.69) is 194 Å². The minimum atomic E-state index is -0.341. The van der Waals surface area contributed by atoms with Gasteiger partial charge in [0.1, 0.15) is 0 Å². The smallest absolute Gasteiger partial charge is 0.00143 e. The predicted octanol–water partition coefficient (Wildman–Crippen LogP) is 11.8. The SMILES string of the molecule is c1ccc(P2Cc3cccc4cccc2c34)c(P2Cc3cccc4cccc2c34)c1.c1ccc(P2Cc3cccc4cccc2c34)c(P2Cc3cccc4cccc2c34)c1. The molecule has 0 aromatic heterocycles. The fraction of sp³-hybridized carbons (Fsp3) is 0.0714. The van der Waals surface area contributed by atoms with Crippen LogP contribution in [0.15, 0.2) is 194 Å². The summed E-state index contributed by atoms with van der Waals surface area (Å²) in [5.74, 6) is 0. The Balaban J connectivity index is 0.000000123. The Labute approximate surface area is 356 Å². The Morgan fingerprint density at radius 1 is 0.200 bits per heavy atom. The highest BCUT2D eigenvalue weighted by Gasteiger charge is 2.34. The first-order valence-electron chi connectivity index (χ1n) is 21.1. The van der Waals surface area contributed by atoms with Gasteiger partial charge in [0.05, 0.1) is 0 Å². The van der Waals surface area contributed by atoms with E-state index < -0.39 is 0 Å². The normalized spacial score (nSPS) is 19.1. The third-order valence-corrected chi connectivity index (χ3v) is 24.0. The second-order valence-electron chi connectivity index (χ2n) is 16.5. The molecule has 0 N–H and O–H groups in total.